The molecule has 0 amide bonds. The summed E-state index contributed by atoms with van der Waals surface area (Å²) in [5.74, 6) is 0.206. The highest BCUT2D eigenvalue weighted by Gasteiger charge is 2.38. The Morgan fingerprint density at radius 2 is 2.00 bits per heavy atom. The zero-order valence-electron chi connectivity index (χ0n) is 8.82. The first-order chi connectivity index (χ1) is 7.26. The Hall–Kier alpha value is -1.33. The number of benzene rings is 1. The maximum absolute atomic E-state index is 9.21. The summed E-state index contributed by atoms with van der Waals surface area (Å²) in [6.45, 7) is 0. The van der Waals surface area contributed by atoms with Gasteiger partial charge >= 0.3 is 0 Å². The Morgan fingerprint density at radius 3 is 2.67 bits per heavy atom. The molecule has 1 aromatic carbocycles. The Morgan fingerprint density at radius 1 is 1.27 bits per heavy atom. The summed E-state index contributed by atoms with van der Waals surface area (Å²) < 4.78 is 0. The van der Waals surface area contributed by atoms with Gasteiger partial charge in [-0.25, -0.2) is 0 Å². The number of hydrogen-bond acceptors (Lipinski definition) is 2. The summed E-state index contributed by atoms with van der Waals surface area (Å²) in [4.78, 5) is 0. The Kier molecular flexibility index (Phi) is 2.75. The van der Waals surface area contributed by atoms with E-state index < -0.39 is 5.54 Å². The van der Waals surface area contributed by atoms with Crippen LogP contribution >= 0.6 is 0 Å². The monoisotopic (exact) mass is 200 g/mol. The number of nitriles is 1. The van der Waals surface area contributed by atoms with Crippen LogP contribution in [-0.2, 0) is 0 Å². The molecule has 0 unspecified atom stereocenters. The van der Waals surface area contributed by atoms with Crippen LogP contribution in [-0.4, -0.2) is 5.54 Å². The summed E-state index contributed by atoms with van der Waals surface area (Å²) in [6, 6.07) is 12.5. The van der Waals surface area contributed by atoms with Crippen LogP contribution in [0.25, 0.3) is 0 Å². The fourth-order valence-corrected chi connectivity index (χ4v) is 2.48. The van der Waals surface area contributed by atoms with Crippen molar-refractivity contribution in [3.05, 3.63) is 35.9 Å². The van der Waals surface area contributed by atoms with E-state index in [9.17, 15) is 5.26 Å². The smallest absolute Gasteiger partial charge is 0.111 e. The lowest BCUT2D eigenvalue weighted by Gasteiger charge is -2.36. The fraction of sp³-hybridized carbons (Fsp3) is 0.462. The molecule has 0 bridgehead atoms. The van der Waals surface area contributed by atoms with Crippen molar-refractivity contribution in [3.63, 3.8) is 0 Å². The van der Waals surface area contributed by atoms with Gasteiger partial charge in [-0.2, -0.15) is 5.26 Å². The zero-order valence-corrected chi connectivity index (χ0v) is 8.82. The molecule has 1 aromatic rings. The van der Waals surface area contributed by atoms with Gasteiger partial charge in [0.15, 0.2) is 0 Å². The van der Waals surface area contributed by atoms with Crippen LogP contribution in [0.15, 0.2) is 30.3 Å². The highest BCUT2D eigenvalue weighted by Crippen LogP contribution is 2.38. The predicted octanol–water partition coefficient (Wildman–Crippen LogP) is 2.57. The molecule has 0 radical (unpaired) electrons. The molecule has 1 aliphatic carbocycles. The number of rotatable bonds is 1. The minimum absolute atomic E-state index is 0.206. The van der Waals surface area contributed by atoms with E-state index in [4.69, 9.17) is 5.73 Å². The molecule has 0 saturated heterocycles. The van der Waals surface area contributed by atoms with Crippen molar-refractivity contribution < 1.29 is 0 Å². The van der Waals surface area contributed by atoms with Gasteiger partial charge in [-0.3, -0.25) is 0 Å². The molecule has 2 atom stereocenters. The van der Waals surface area contributed by atoms with E-state index in [0.29, 0.717) is 0 Å². The Labute approximate surface area is 90.7 Å². The first-order valence-corrected chi connectivity index (χ1v) is 5.51. The number of hydrogen-bond donors (Lipinski definition) is 1. The van der Waals surface area contributed by atoms with Crippen LogP contribution in [0.3, 0.4) is 0 Å². The third-order valence-corrected chi connectivity index (χ3v) is 3.37. The molecule has 2 nitrogen and oxygen atoms in total. The molecule has 78 valence electrons. The molecule has 1 saturated carbocycles. The van der Waals surface area contributed by atoms with Crippen LogP contribution in [0.1, 0.15) is 37.2 Å². The zero-order chi connectivity index (χ0) is 10.7. The van der Waals surface area contributed by atoms with Crippen molar-refractivity contribution in [3.8, 4) is 6.07 Å². The third-order valence-electron chi connectivity index (χ3n) is 3.37. The van der Waals surface area contributed by atoms with Gasteiger partial charge in [0.2, 0.25) is 0 Å². The molecule has 15 heavy (non-hydrogen) atoms. The van der Waals surface area contributed by atoms with Gasteiger partial charge in [0.05, 0.1) is 6.07 Å². The molecular weight excluding hydrogens is 184 g/mol. The lowest BCUT2D eigenvalue weighted by molar-refractivity contribution is 0.315. The molecule has 1 fully saturated rings. The first-order valence-electron chi connectivity index (χ1n) is 5.51. The van der Waals surface area contributed by atoms with Crippen LogP contribution in [0, 0.1) is 11.3 Å². The average Bonchev–Trinajstić information content (AvgIpc) is 2.31. The van der Waals surface area contributed by atoms with Gasteiger partial charge in [0.25, 0.3) is 0 Å². The SMILES string of the molecule is N#C[C@@]1(N)CCCC[C@@H]1c1ccccc1. The van der Waals surface area contributed by atoms with Gasteiger partial charge in [-0.05, 0) is 18.4 Å². The van der Waals surface area contributed by atoms with Gasteiger partial charge in [-0.15, -0.1) is 0 Å². The highest BCUT2D eigenvalue weighted by atomic mass is 14.8. The van der Waals surface area contributed by atoms with Crippen molar-refractivity contribution in [2.75, 3.05) is 0 Å². The van der Waals surface area contributed by atoms with Crippen LogP contribution in [0.2, 0.25) is 0 Å². The maximum atomic E-state index is 9.21. The van der Waals surface area contributed by atoms with Crippen LogP contribution in [0.4, 0.5) is 0 Å². The minimum atomic E-state index is -0.653. The van der Waals surface area contributed by atoms with Crippen LogP contribution in [0.5, 0.6) is 0 Å². The summed E-state index contributed by atoms with van der Waals surface area (Å²) in [6.07, 6.45) is 4.12. The summed E-state index contributed by atoms with van der Waals surface area (Å²) in [5, 5.41) is 9.21. The molecule has 0 aliphatic heterocycles. The van der Waals surface area contributed by atoms with Gasteiger partial charge < -0.3 is 5.73 Å². The molecule has 2 N–H and O–H groups in total. The molecule has 0 aromatic heterocycles. The summed E-state index contributed by atoms with van der Waals surface area (Å²) >= 11 is 0. The van der Waals surface area contributed by atoms with E-state index in [0.717, 1.165) is 19.3 Å². The molecule has 2 rings (SSSR count). The lowest BCUT2D eigenvalue weighted by Crippen LogP contribution is -2.46. The number of nitrogens with zero attached hydrogens (tertiary/aromatic N) is 1. The van der Waals surface area contributed by atoms with E-state index in [-0.39, 0.29) is 5.92 Å². The van der Waals surface area contributed by atoms with Gasteiger partial charge in [0, 0.05) is 5.92 Å². The minimum Gasteiger partial charge on any atom is -0.313 e. The van der Waals surface area contributed by atoms with E-state index in [1.165, 1.54) is 12.0 Å². The molecular formula is C13H16N2. The largest absolute Gasteiger partial charge is 0.313 e. The molecule has 0 heterocycles. The lowest BCUT2D eigenvalue weighted by atomic mass is 9.71. The van der Waals surface area contributed by atoms with Crippen LogP contribution < -0.4 is 5.73 Å². The second-order valence-corrected chi connectivity index (χ2v) is 4.36. The number of nitrogens with two attached hydrogens (primary N) is 1. The van der Waals surface area contributed by atoms with E-state index >= 15 is 0 Å². The molecule has 2 heteroatoms. The van der Waals surface area contributed by atoms with Crippen molar-refractivity contribution in [1.82, 2.24) is 0 Å². The quantitative estimate of drug-likeness (QED) is 0.757. The second kappa shape index (κ2) is 4.04. The Balaban J connectivity index is 2.31. The average molecular weight is 200 g/mol. The molecule has 1 aliphatic rings. The normalized spacial score (nSPS) is 30.8. The van der Waals surface area contributed by atoms with Crippen molar-refractivity contribution in [2.24, 2.45) is 5.73 Å². The molecule has 0 spiro atoms. The first kappa shape index (κ1) is 10.2. The van der Waals surface area contributed by atoms with E-state index in [1.807, 2.05) is 18.2 Å². The fourth-order valence-electron chi connectivity index (χ4n) is 2.48. The predicted molar refractivity (Wildman–Crippen MR) is 60.2 cm³/mol. The Bertz CT molecular complexity index is 366. The van der Waals surface area contributed by atoms with E-state index in [1.54, 1.807) is 0 Å². The van der Waals surface area contributed by atoms with Crippen molar-refractivity contribution in [1.29, 1.82) is 5.26 Å². The topological polar surface area (TPSA) is 49.8 Å². The standard InChI is InChI=1S/C13H16N2/c14-10-13(15)9-5-4-8-12(13)11-6-2-1-3-7-11/h1-3,6-7,12H,4-5,8-9,15H2/t12-,13+/m1/s1. The van der Waals surface area contributed by atoms with Crippen molar-refractivity contribution >= 4 is 0 Å². The highest BCUT2D eigenvalue weighted by molar-refractivity contribution is 5.29. The van der Waals surface area contributed by atoms with Gasteiger partial charge in [-0.1, -0.05) is 43.2 Å². The third kappa shape index (κ3) is 1.88. The maximum Gasteiger partial charge on any atom is 0.111 e. The van der Waals surface area contributed by atoms with Gasteiger partial charge in [0.1, 0.15) is 5.54 Å². The second-order valence-electron chi connectivity index (χ2n) is 4.36. The van der Waals surface area contributed by atoms with Crippen molar-refractivity contribution in [2.45, 2.75) is 37.1 Å². The summed E-state index contributed by atoms with van der Waals surface area (Å²) in [7, 11) is 0. The summed E-state index contributed by atoms with van der Waals surface area (Å²) in [5.41, 5.74) is 6.73. The van der Waals surface area contributed by atoms with E-state index in [2.05, 4.69) is 18.2 Å².